The van der Waals surface area contributed by atoms with Crippen LogP contribution in [0.3, 0.4) is 0 Å². The molecule has 27 heavy (non-hydrogen) atoms. The van der Waals surface area contributed by atoms with Crippen molar-refractivity contribution in [3.63, 3.8) is 0 Å². The average molecular weight is 441 g/mol. The Kier molecular flexibility index (Phi) is 8.73. The molecule has 2 N–H and O–H groups in total. The van der Waals surface area contributed by atoms with Crippen LogP contribution in [0.15, 0.2) is 28.7 Å². The van der Waals surface area contributed by atoms with Crippen LogP contribution < -0.4 is 0 Å². The molecule has 7 heteroatoms. The third-order valence-electron chi connectivity index (χ3n) is 5.37. The van der Waals surface area contributed by atoms with Gasteiger partial charge in [-0.2, -0.15) is 0 Å². The van der Waals surface area contributed by atoms with Gasteiger partial charge in [0.2, 0.25) is 0 Å². The summed E-state index contributed by atoms with van der Waals surface area (Å²) in [5.41, 5.74) is 1.41. The topological polar surface area (TPSA) is 81.1 Å². The van der Waals surface area contributed by atoms with Gasteiger partial charge in [-0.1, -0.05) is 53.9 Å². The van der Waals surface area contributed by atoms with Crippen LogP contribution in [0.1, 0.15) is 38.2 Å². The van der Waals surface area contributed by atoms with Gasteiger partial charge in [-0.3, -0.25) is 9.80 Å². The molecule has 0 amide bonds. The van der Waals surface area contributed by atoms with Gasteiger partial charge in [-0.15, -0.1) is 0 Å². The summed E-state index contributed by atoms with van der Waals surface area (Å²) in [6.45, 7) is 8.44. The molecule has 0 aromatic heterocycles. The first-order valence-corrected chi connectivity index (χ1v) is 10.3. The molecule has 0 bridgehead atoms. The van der Waals surface area contributed by atoms with Gasteiger partial charge >= 0.3 is 11.9 Å². The number of rotatable bonds is 3. The number of carboxylic acids is 2. The summed E-state index contributed by atoms with van der Waals surface area (Å²) in [7, 11) is 0. The molecule has 2 unspecified atom stereocenters. The highest BCUT2D eigenvalue weighted by atomic mass is 79.9. The van der Waals surface area contributed by atoms with Crippen LogP contribution in [0.2, 0.25) is 0 Å². The Morgan fingerprint density at radius 3 is 2.26 bits per heavy atom. The Labute approximate surface area is 169 Å². The van der Waals surface area contributed by atoms with Gasteiger partial charge < -0.3 is 10.2 Å². The minimum absolute atomic E-state index is 0.861. The summed E-state index contributed by atoms with van der Waals surface area (Å²) < 4.78 is 1.24. The van der Waals surface area contributed by atoms with Crippen molar-refractivity contribution in [1.29, 1.82) is 0 Å². The molecule has 1 aromatic carbocycles. The van der Waals surface area contributed by atoms with Crippen LogP contribution in [-0.2, 0) is 16.1 Å². The number of nitrogens with zero attached hydrogens (tertiary/aromatic N) is 2. The molecule has 3 rings (SSSR count). The number of piperazine rings is 1. The predicted octanol–water partition coefficient (Wildman–Crippen LogP) is 3.30. The second-order valence-corrected chi connectivity index (χ2v) is 8.29. The fourth-order valence-corrected chi connectivity index (χ4v) is 4.30. The van der Waals surface area contributed by atoms with Crippen LogP contribution in [0, 0.1) is 5.92 Å². The third kappa shape index (κ3) is 7.24. The lowest BCUT2D eigenvalue weighted by Gasteiger charge is -2.42. The molecule has 1 aliphatic carbocycles. The van der Waals surface area contributed by atoms with E-state index in [9.17, 15) is 0 Å². The molecule has 1 saturated heterocycles. The van der Waals surface area contributed by atoms with Gasteiger partial charge in [0.25, 0.3) is 0 Å². The van der Waals surface area contributed by atoms with E-state index in [0.29, 0.717) is 0 Å². The minimum atomic E-state index is -1.82. The third-order valence-corrected chi connectivity index (χ3v) is 6.14. The Morgan fingerprint density at radius 1 is 1.07 bits per heavy atom. The predicted molar refractivity (Wildman–Crippen MR) is 108 cm³/mol. The molecule has 2 atom stereocenters. The zero-order valence-electron chi connectivity index (χ0n) is 15.8. The molecule has 150 valence electrons. The van der Waals surface area contributed by atoms with Crippen LogP contribution in [0.4, 0.5) is 0 Å². The molecule has 1 aliphatic heterocycles. The zero-order chi connectivity index (χ0) is 19.8. The van der Waals surface area contributed by atoms with E-state index >= 15 is 0 Å². The molecular weight excluding hydrogens is 412 g/mol. The van der Waals surface area contributed by atoms with E-state index in [0.717, 1.165) is 18.5 Å². The van der Waals surface area contributed by atoms with Crippen LogP contribution in [0.5, 0.6) is 0 Å². The molecule has 6 nitrogen and oxygen atoms in total. The van der Waals surface area contributed by atoms with Crippen molar-refractivity contribution in [3.05, 3.63) is 34.3 Å². The van der Waals surface area contributed by atoms with Crippen molar-refractivity contribution < 1.29 is 19.8 Å². The quantitative estimate of drug-likeness (QED) is 0.701. The van der Waals surface area contributed by atoms with Crippen LogP contribution in [-0.4, -0.2) is 64.2 Å². The first kappa shape index (κ1) is 21.9. The number of carbonyl (C=O) groups is 2. The number of carboxylic acid groups (broad SMARTS) is 2. The van der Waals surface area contributed by atoms with E-state index in [1.807, 2.05) is 0 Å². The maximum absolute atomic E-state index is 9.10. The lowest BCUT2D eigenvalue weighted by Crippen LogP contribution is -2.50. The summed E-state index contributed by atoms with van der Waals surface area (Å²) in [5, 5.41) is 14.8. The standard InChI is InChI=1S/C18H27BrN2.C2H2O4/c1-15-5-4-7-17(13-15)21-11-9-20(10-12-21)14-16-6-2-3-8-18(16)19;3-1(4)2(5)6/h2-3,6,8,15,17H,4-5,7,9-14H2,1H3;(H,3,4)(H,5,6). The SMILES string of the molecule is CC1CCCC(N2CCN(Cc3ccccc3Br)CC2)C1.O=C(O)C(=O)O. The number of aliphatic carboxylic acids is 2. The molecular formula is C20H29BrN2O4. The second-order valence-electron chi connectivity index (χ2n) is 7.44. The molecule has 2 aliphatic rings. The number of hydrogen-bond donors (Lipinski definition) is 2. The highest BCUT2D eigenvalue weighted by Gasteiger charge is 2.27. The van der Waals surface area contributed by atoms with Crippen molar-refractivity contribution in [1.82, 2.24) is 9.80 Å². The maximum Gasteiger partial charge on any atom is 0.414 e. The van der Waals surface area contributed by atoms with Crippen molar-refractivity contribution >= 4 is 27.9 Å². The van der Waals surface area contributed by atoms with Gasteiger partial charge in [0.05, 0.1) is 0 Å². The first-order valence-electron chi connectivity index (χ1n) is 9.53. The summed E-state index contributed by atoms with van der Waals surface area (Å²) in [6.07, 6.45) is 5.72. The Morgan fingerprint density at radius 2 is 1.70 bits per heavy atom. The molecule has 2 fully saturated rings. The summed E-state index contributed by atoms with van der Waals surface area (Å²) >= 11 is 3.67. The van der Waals surface area contributed by atoms with E-state index < -0.39 is 11.9 Å². The van der Waals surface area contributed by atoms with Gasteiger partial charge in [0.1, 0.15) is 0 Å². The lowest BCUT2D eigenvalue weighted by atomic mass is 9.86. The number of benzene rings is 1. The molecule has 0 radical (unpaired) electrons. The van der Waals surface area contributed by atoms with E-state index in [4.69, 9.17) is 19.8 Å². The molecule has 0 spiro atoms. The molecule has 1 saturated carbocycles. The van der Waals surface area contributed by atoms with Crippen molar-refractivity contribution in [2.45, 2.75) is 45.2 Å². The normalized spacial score (nSPS) is 23.9. The van der Waals surface area contributed by atoms with Crippen LogP contribution >= 0.6 is 15.9 Å². The monoisotopic (exact) mass is 440 g/mol. The van der Waals surface area contributed by atoms with Gasteiger partial charge in [-0.05, 0) is 30.4 Å². The van der Waals surface area contributed by atoms with E-state index in [1.54, 1.807) is 0 Å². The Bertz CT molecular complexity index is 620. The second kappa shape index (κ2) is 10.8. The summed E-state index contributed by atoms with van der Waals surface area (Å²) in [5.74, 6) is -2.72. The number of hydrogen-bond acceptors (Lipinski definition) is 4. The summed E-state index contributed by atoms with van der Waals surface area (Å²) in [4.78, 5) is 23.6. The maximum atomic E-state index is 9.10. The van der Waals surface area contributed by atoms with Crippen molar-refractivity contribution in [2.75, 3.05) is 26.2 Å². The largest absolute Gasteiger partial charge is 0.473 e. The molecule has 1 heterocycles. The summed E-state index contributed by atoms with van der Waals surface area (Å²) in [6, 6.07) is 9.48. The van der Waals surface area contributed by atoms with E-state index in [1.165, 1.54) is 61.9 Å². The smallest absolute Gasteiger partial charge is 0.414 e. The van der Waals surface area contributed by atoms with Gasteiger partial charge in [-0.25, -0.2) is 9.59 Å². The van der Waals surface area contributed by atoms with E-state index in [2.05, 4.69) is 56.9 Å². The van der Waals surface area contributed by atoms with Crippen molar-refractivity contribution in [3.8, 4) is 0 Å². The van der Waals surface area contributed by atoms with Gasteiger partial charge in [0.15, 0.2) is 0 Å². The van der Waals surface area contributed by atoms with Crippen molar-refractivity contribution in [2.24, 2.45) is 5.92 Å². The molecule has 1 aromatic rings. The Hall–Kier alpha value is -1.44. The highest BCUT2D eigenvalue weighted by Crippen LogP contribution is 2.28. The minimum Gasteiger partial charge on any atom is -0.473 e. The first-order chi connectivity index (χ1) is 12.9. The zero-order valence-corrected chi connectivity index (χ0v) is 17.4. The number of halogens is 1. The average Bonchev–Trinajstić information content (AvgIpc) is 2.65. The van der Waals surface area contributed by atoms with Crippen LogP contribution in [0.25, 0.3) is 0 Å². The lowest BCUT2D eigenvalue weighted by molar-refractivity contribution is -0.159. The fourth-order valence-electron chi connectivity index (χ4n) is 3.89. The highest BCUT2D eigenvalue weighted by molar-refractivity contribution is 9.10. The van der Waals surface area contributed by atoms with Gasteiger partial charge in [0, 0.05) is 43.2 Å². The Balaban J connectivity index is 0.000000380. The van der Waals surface area contributed by atoms with E-state index in [-0.39, 0.29) is 0 Å². The fraction of sp³-hybridized carbons (Fsp3) is 0.600.